The topological polar surface area (TPSA) is 93.2 Å². The van der Waals surface area contributed by atoms with Gasteiger partial charge >= 0.3 is 5.97 Å². The first-order valence-corrected chi connectivity index (χ1v) is 12.1. The molecule has 2 aromatic heterocycles. The van der Waals surface area contributed by atoms with Crippen molar-refractivity contribution in [2.75, 3.05) is 17.7 Å². The number of nitrogens with zero attached hydrogens (tertiary/aromatic N) is 2. The Balaban J connectivity index is 1.64. The minimum Gasteiger partial charge on any atom is -0.464 e. The monoisotopic (exact) mass is 500 g/mol. The predicted octanol–water partition coefficient (Wildman–Crippen LogP) is 6.11. The molecule has 7 nitrogen and oxygen atoms in total. The molecular formula is C28H25ClN4O3. The van der Waals surface area contributed by atoms with Gasteiger partial charge in [-0.05, 0) is 54.1 Å². The van der Waals surface area contributed by atoms with Crippen LogP contribution < -0.4 is 10.6 Å². The van der Waals surface area contributed by atoms with Crippen molar-refractivity contribution in [3.8, 4) is 22.4 Å². The second-order valence-electron chi connectivity index (χ2n) is 8.81. The summed E-state index contributed by atoms with van der Waals surface area (Å²) >= 11 is 6.72. The maximum absolute atomic E-state index is 12.5. The Morgan fingerprint density at radius 3 is 2.67 bits per heavy atom. The summed E-state index contributed by atoms with van der Waals surface area (Å²) in [7, 11) is 1.33. The van der Waals surface area contributed by atoms with Gasteiger partial charge in [-0.25, -0.2) is 9.78 Å². The van der Waals surface area contributed by atoms with Crippen molar-refractivity contribution in [3.63, 3.8) is 0 Å². The van der Waals surface area contributed by atoms with Crippen molar-refractivity contribution in [1.29, 1.82) is 0 Å². The van der Waals surface area contributed by atoms with E-state index in [1.807, 2.05) is 50.4 Å². The Morgan fingerprint density at radius 2 is 1.94 bits per heavy atom. The van der Waals surface area contributed by atoms with E-state index in [1.54, 1.807) is 18.3 Å². The lowest BCUT2D eigenvalue weighted by atomic mass is 9.94. The summed E-state index contributed by atoms with van der Waals surface area (Å²) in [5.74, 6) is -0.517. The summed E-state index contributed by atoms with van der Waals surface area (Å²) in [6.45, 7) is 4.02. The summed E-state index contributed by atoms with van der Waals surface area (Å²) in [6.07, 6.45) is 4.52. The van der Waals surface area contributed by atoms with E-state index >= 15 is 0 Å². The van der Waals surface area contributed by atoms with E-state index in [4.69, 9.17) is 21.3 Å². The molecule has 0 fully saturated rings. The van der Waals surface area contributed by atoms with Crippen molar-refractivity contribution < 1.29 is 14.3 Å². The number of ether oxygens (including phenoxy) is 1. The van der Waals surface area contributed by atoms with Crippen LogP contribution in [0.15, 0.2) is 54.9 Å². The predicted molar refractivity (Wildman–Crippen MR) is 142 cm³/mol. The summed E-state index contributed by atoms with van der Waals surface area (Å²) < 4.78 is 4.72. The van der Waals surface area contributed by atoms with E-state index in [0.29, 0.717) is 17.9 Å². The zero-order valence-corrected chi connectivity index (χ0v) is 20.9. The van der Waals surface area contributed by atoms with Crippen LogP contribution in [0.1, 0.15) is 36.3 Å². The van der Waals surface area contributed by atoms with Crippen LogP contribution in [-0.4, -0.2) is 35.0 Å². The van der Waals surface area contributed by atoms with Crippen LogP contribution in [0.5, 0.6) is 0 Å². The van der Waals surface area contributed by atoms with Gasteiger partial charge in [0.2, 0.25) is 5.91 Å². The molecule has 2 N–H and O–H groups in total. The fourth-order valence-electron chi connectivity index (χ4n) is 4.64. The van der Waals surface area contributed by atoms with E-state index in [0.717, 1.165) is 50.1 Å². The first-order valence-electron chi connectivity index (χ1n) is 11.7. The number of aromatic nitrogens is 2. The molecular weight excluding hydrogens is 476 g/mol. The fourth-order valence-corrected chi connectivity index (χ4v) is 4.98. The number of carbonyl (C=O) groups excluding carboxylic acids is 2. The second kappa shape index (κ2) is 9.59. The van der Waals surface area contributed by atoms with Gasteiger partial charge < -0.3 is 15.4 Å². The van der Waals surface area contributed by atoms with Crippen LogP contribution in [0.25, 0.3) is 33.2 Å². The number of hydrogen-bond acceptors (Lipinski definition) is 6. The summed E-state index contributed by atoms with van der Waals surface area (Å²) in [4.78, 5) is 33.1. The number of esters is 1. The second-order valence-corrected chi connectivity index (χ2v) is 9.21. The third-order valence-electron chi connectivity index (χ3n) is 6.39. The van der Waals surface area contributed by atoms with Crippen LogP contribution in [0, 0.1) is 0 Å². The first-order chi connectivity index (χ1) is 17.4. The third kappa shape index (κ3) is 4.27. The zero-order valence-electron chi connectivity index (χ0n) is 20.2. The highest BCUT2D eigenvalue weighted by Gasteiger charge is 2.25. The van der Waals surface area contributed by atoms with Gasteiger partial charge in [-0.3, -0.25) is 9.78 Å². The number of carbonyl (C=O) groups is 2. The minimum absolute atomic E-state index is 0.0314. The molecule has 182 valence electrons. The van der Waals surface area contributed by atoms with Crippen molar-refractivity contribution in [1.82, 2.24) is 9.97 Å². The van der Waals surface area contributed by atoms with Crippen molar-refractivity contribution in [2.45, 2.75) is 32.7 Å². The molecule has 0 spiro atoms. The third-order valence-corrected chi connectivity index (χ3v) is 6.73. The Morgan fingerprint density at radius 1 is 1.11 bits per heavy atom. The molecule has 0 saturated heterocycles. The number of methoxy groups -OCH3 is 1. The van der Waals surface area contributed by atoms with Gasteiger partial charge in [0.25, 0.3) is 0 Å². The Kier molecular flexibility index (Phi) is 6.33. The summed E-state index contributed by atoms with van der Waals surface area (Å²) in [5, 5.41) is 9.17. The van der Waals surface area contributed by atoms with Crippen molar-refractivity contribution >= 4 is 45.6 Å². The average molecular weight is 501 g/mol. The Bertz CT molecular complexity index is 1500. The molecule has 2 aromatic carbocycles. The number of nitrogens with one attached hydrogen (secondary N) is 2. The molecule has 0 saturated carbocycles. The molecule has 4 aromatic rings. The molecule has 5 rings (SSSR count). The summed E-state index contributed by atoms with van der Waals surface area (Å²) in [5.41, 5.74) is 6.16. The Hall–Kier alpha value is -3.97. The normalized spacial score (nSPS) is 15.0. The van der Waals surface area contributed by atoms with Crippen LogP contribution in [-0.2, 0) is 16.0 Å². The highest BCUT2D eigenvalue weighted by molar-refractivity contribution is 6.33. The molecule has 0 aliphatic carbocycles. The largest absolute Gasteiger partial charge is 0.464 e. The molecule has 0 bridgehead atoms. The lowest BCUT2D eigenvalue weighted by Crippen LogP contribution is -2.19. The maximum atomic E-state index is 12.5. The van der Waals surface area contributed by atoms with E-state index in [-0.39, 0.29) is 17.6 Å². The summed E-state index contributed by atoms with van der Waals surface area (Å²) in [6, 6.07) is 13.4. The SMILES string of the molecule is CCc1c(Cl)cc(-c2cccc3cc(-c4ccc(C(=O)OC)nc4)ncc23)c2c1NC(=O)C[C@@H](C)N2. The van der Waals surface area contributed by atoms with Crippen LogP contribution >= 0.6 is 11.6 Å². The maximum Gasteiger partial charge on any atom is 0.356 e. The highest BCUT2D eigenvalue weighted by Crippen LogP contribution is 2.44. The van der Waals surface area contributed by atoms with Crippen LogP contribution in [0.3, 0.4) is 0 Å². The van der Waals surface area contributed by atoms with Gasteiger partial charge in [-0.2, -0.15) is 0 Å². The number of halogens is 1. The number of hydrogen-bond donors (Lipinski definition) is 2. The number of pyridine rings is 2. The number of amides is 1. The number of anilines is 2. The van der Waals surface area contributed by atoms with Gasteiger partial charge in [0.15, 0.2) is 0 Å². The molecule has 36 heavy (non-hydrogen) atoms. The molecule has 3 heterocycles. The molecule has 1 aliphatic rings. The molecule has 0 unspecified atom stereocenters. The molecule has 1 atom stereocenters. The van der Waals surface area contributed by atoms with E-state index in [9.17, 15) is 9.59 Å². The molecule has 8 heteroatoms. The standard InChI is InChI=1S/C28H25ClN4O3/c1-4-18-22(29)12-20(27-26(18)33-25(34)10-15(2)32-27)19-7-5-6-16-11-24(31-14-21(16)19)17-8-9-23(30-13-17)28(35)36-3/h5-9,11-15,32H,4,10H2,1-3H3,(H,33,34)/t15-/m1/s1. The quantitative estimate of drug-likeness (QED) is 0.328. The average Bonchev–Trinajstić information content (AvgIpc) is 3.04. The first kappa shape index (κ1) is 23.8. The highest BCUT2D eigenvalue weighted by atomic mass is 35.5. The smallest absolute Gasteiger partial charge is 0.356 e. The van der Waals surface area contributed by atoms with Crippen LogP contribution in [0.4, 0.5) is 11.4 Å². The Labute approximate surface area is 213 Å². The number of fused-ring (bicyclic) bond motifs is 2. The fraction of sp³-hybridized carbons (Fsp3) is 0.214. The van der Waals surface area contributed by atoms with Gasteiger partial charge in [0.1, 0.15) is 5.69 Å². The van der Waals surface area contributed by atoms with Gasteiger partial charge in [-0.1, -0.05) is 36.7 Å². The van der Waals surface area contributed by atoms with E-state index in [2.05, 4.69) is 15.6 Å². The van der Waals surface area contributed by atoms with E-state index < -0.39 is 5.97 Å². The van der Waals surface area contributed by atoms with Crippen molar-refractivity contribution in [2.24, 2.45) is 0 Å². The molecule has 1 amide bonds. The van der Waals surface area contributed by atoms with Crippen molar-refractivity contribution in [3.05, 3.63) is 71.1 Å². The van der Waals surface area contributed by atoms with Gasteiger partial charge in [-0.15, -0.1) is 0 Å². The lowest BCUT2D eigenvalue weighted by molar-refractivity contribution is -0.116. The molecule has 1 aliphatic heterocycles. The number of benzene rings is 2. The number of rotatable bonds is 4. The van der Waals surface area contributed by atoms with Gasteiger partial charge in [0.05, 0.1) is 24.2 Å². The minimum atomic E-state index is -0.483. The zero-order chi connectivity index (χ0) is 25.4. The van der Waals surface area contributed by atoms with Gasteiger partial charge in [0, 0.05) is 46.4 Å². The lowest BCUT2D eigenvalue weighted by Gasteiger charge is -2.21. The van der Waals surface area contributed by atoms with Crippen LogP contribution in [0.2, 0.25) is 5.02 Å². The molecule has 0 radical (unpaired) electrons. The van der Waals surface area contributed by atoms with E-state index in [1.165, 1.54) is 7.11 Å².